The van der Waals surface area contributed by atoms with Gasteiger partial charge in [-0.05, 0) is 37.1 Å². The van der Waals surface area contributed by atoms with Crippen LogP contribution in [0.25, 0.3) is 0 Å². The number of H-pyrrole nitrogens is 1. The van der Waals surface area contributed by atoms with Gasteiger partial charge in [0.2, 0.25) is 5.95 Å². The molecule has 2 heterocycles. The van der Waals surface area contributed by atoms with Crippen molar-refractivity contribution in [2.45, 2.75) is 18.8 Å². The van der Waals surface area contributed by atoms with Crippen molar-refractivity contribution < 1.29 is 14.2 Å². The van der Waals surface area contributed by atoms with Crippen LogP contribution in [0.1, 0.15) is 39.1 Å². The number of hydrogen-bond donors (Lipinski definition) is 4. The number of hydrogen-bond acceptors (Lipinski definition) is 6. The van der Waals surface area contributed by atoms with Gasteiger partial charge in [-0.3, -0.25) is 5.10 Å². The predicted molar refractivity (Wildman–Crippen MR) is 104 cm³/mol. The van der Waals surface area contributed by atoms with Gasteiger partial charge >= 0.3 is 5.97 Å². The number of aromatic amines is 1. The second-order valence-electron chi connectivity index (χ2n) is 6.01. The van der Waals surface area contributed by atoms with Gasteiger partial charge in [0.15, 0.2) is 11.6 Å². The zero-order valence-corrected chi connectivity index (χ0v) is 14.3. The fourth-order valence-corrected chi connectivity index (χ4v) is 2.60. The predicted octanol–water partition coefficient (Wildman–Crippen LogP) is 4.65. The Morgan fingerprint density at radius 3 is 2.73 bits per heavy atom. The maximum absolute atomic E-state index is 10.9. The van der Waals surface area contributed by atoms with Crippen LogP contribution in [-0.2, 0) is 0 Å². The van der Waals surface area contributed by atoms with E-state index in [4.69, 9.17) is 16.7 Å². The highest BCUT2D eigenvalue weighted by Crippen LogP contribution is 2.39. The number of carboxylic acids is 1. The molecule has 0 aliphatic heterocycles. The Kier molecular flexibility index (Phi) is 4.18. The van der Waals surface area contributed by atoms with Crippen molar-refractivity contribution in [1.29, 1.82) is 0 Å². The SMILES string of the molecule is O=C(O)c1ccc(Nc2ncc(Cl)c(Nc3cc(C4CC4)[nH]n3)n2)cc1.[HH].[HH].[HH]. The van der Waals surface area contributed by atoms with E-state index in [9.17, 15) is 4.79 Å². The van der Waals surface area contributed by atoms with E-state index >= 15 is 0 Å². The van der Waals surface area contributed by atoms with Crippen LogP contribution in [0.4, 0.5) is 23.3 Å². The first kappa shape index (κ1) is 16.3. The number of carboxylic acid groups (broad SMARTS) is 1. The summed E-state index contributed by atoms with van der Waals surface area (Å²) in [6, 6.07) is 8.24. The summed E-state index contributed by atoms with van der Waals surface area (Å²) in [5, 5.41) is 22.6. The largest absolute Gasteiger partial charge is 0.478 e. The van der Waals surface area contributed by atoms with Gasteiger partial charge in [-0.2, -0.15) is 10.1 Å². The molecule has 1 saturated carbocycles. The van der Waals surface area contributed by atoms with Crippen LogP contribution in [0.5, 0.6) is 0 Å². The molecular formula is C17H21ClN6O2. The van der Waals surface area contributed by atoms with E-state index in [-0.39, 0.29) is 9.84 Å². The van der Waals surface area contributed by atoms with E-state index < -0.39 is 5.97 Å². The fraction of sp³-hybridized carbons (Fsp3) is 0.176. The van der Waals surface area contributed by atoms with E-state index in [0.717, 1.165) is 5.69 Å². The van der Waals surface area contributed by atoms with E-state index in [2.05, 4.69) is 30.8 Å². The monoisotopic (exact) mass is 376 g/mol. The average Bonchev–Trinajstić information content (AvgIpc) is 3.38. The molecule has 9 heteroatoms. The minimum atomic E-state index is -0.977. The molecule has 4 rings (SSSR count). The van der Waals surface area contributed by atoms with Crippen LogP contribution < -0.4 is 10.6 Å². The van der Waals surface area contributed by atoms with Crippen molar-refractivity contribution >= 4 is 40.8 Å². The quantitative estimate of drug-likeness (QED) is 0.494. The Labute approximate surface area is 158 Å². The van der Waals surface area contributed by atoms with Crippen LogP contribution >= 0.6 is 11.6 Å². The molecular weight excluding hydrogens is 356 g/mol. The lowest BCUT2D eigenvalue weighted by Gasteiger charge is -2.08. The zero-order chi connectivity index (χ0) is 18.1. The molecule has 0 atom stereocenters. The molecule has 0 bridgehead atoms. The highest BCUT2D eigenvalue weighted by atomic mass is 35.5. The van der Waals surface area contributed by atoms with Gasteiger partial charge in [-0.25, -0.2) is 9.78 Å². The third-order valence-electron chi connectivity index (χ3n) is 3.99. The van der Waals surface area contributed by atoms with Crippen LogP contribution in [0.3, 0.4) is 0 Å². The molecule has 1 aliphatic rings. The number of halogens is 1. The average molecular weight is 377 g/mol. The summed E-state index contributed by atoms with van der Waals surface area (Å²) in [6.45, 7) is 0. The van der Waals surface area contributed by atoms with Crippen molar-refractivity contribution in [1.82, 2.24) is 20.2 Å². The van der Waals surface area contributed by atoms with Gasteiger partial charge in [0.25, 0.3) is 0 Å². The molecule has 0 unspecified atom stereocenters. The topological polar surface area (TPSA) is 116 Å². The van der Waals surface area contributed by atoms with E-state index in [1.807, 2.05) is 6.07 Å². The summed E-state index contributed by atoms with van der Waals surface area (Å²) < 4.78 is 0. The third-order valence-corrected chi connectivity index (χ3v) is 4.27. The number of aromatic carboxylic acids is 1. The lowest BCUT2D eigenvalue weighted by molar-refractivity contribution is 0.0697. The first-order valence-electron chi connectivity index (χ1n) is 8.04. The van der Waals surface area contributed by atoms with Crippen molar-refractivity contribution in [3.63, 3.8) is 0 Å². The Balaban J connectivity index is 0.00000140. The van der Waals surface area contributed by atoms with E-state index in [1.165, 1.54) is 31.2 Å². The van der Waals surface area contributed by atoms with Gasteiger partial charge in [-0.1, -0.05) is 11.6 Å². The molecule has 2 aromatic heterocycles. The summed E-state index contributed by atoms with van der Waals surface area (Å²) in [4.78, 5) is 19.4. The first-order valence-corrected chi connectivity index (χ1v) is 8.41. The zero-order valence-electron chi connectivity index (χ0n) is 13.5. The molecule has 4 N–H and O–H groups in total. The standard InChI is InChI=1S/C17H15ClN6O2.3H2/c18-12-8-19-17(20-11-5-3-10(4-6-11)16(25)26)22-15(12)21-14-7-13(23-24-14)9-1-2-9;;;/h3-9H,1-2H2,(H,25,26)(H3,19,20,21,22,23,24);3*1H. The van der Waals surface area contributed by atoms with E-state index in [1.54, 1.807) is 12.1 Å². The minimum absolute atomic E-state index is 0. The second kappa shape index (κ2) is 6.64. The molecule has 26 heavy (non-hydrogen) atoms. The first-order chi connectivity index (χ1) is 12.6. The summed E-state index contributed by atoms with van der Waals surface area (Å²) >= 11 is 6.17. The number of carbonyl (C=O) groups is 1. The van der Waals surface area contributed by atoms with Crippen LogP contribution in [0.2, 0.25) is 5.02 Å². The van der Waals surface area contributed by atoms with Gasteiger partial charge in [0.1, 0.15) is 5.02 Å². The smallest absolute Gasteiger partial charge is 0.335 e. The van der Waals surface area contributed by atoms with Gasteiger partial charge in [-0.15, -0.1) is 0 Å². The van der Waals surface area contributed by atoms with Crippen molar-refractivity contribution in [2.75, 3.05) is 10.6 Å². The van der Waals surface area contributed by atoms with Crippen LogP contribution in [-0.4, -0.2) is 31.2 Å². The molecule has 138 valence electrons. The molecule has 1 aliphatic carbocycles. The van der Waals surface area contributed by atoms with E-state index in [0.29, 0.717) is 34.2 Å². The summed E-state index contributed by atoms with van der Waals surface area (Å²) in [5.74, 6) is 1.00. The number of benzene rings is 1. The summed E-state index contributed by atoms with van der Waals surface area (Å²) in [7, 11) is 0. The number of aromatic nitrogens is 4. The molecule has 0 saturated heterocycles. The number of nitrogens with zero attached hydrogens (tertiary/aromatic N) is 3. The number of rotatable bonds is 6. The molecule has 8 nitrogen and oxygen atoms in total. The maximum Gasteiger partial charge on any atom is 0.335 e. The van der Waals surface area contributed by atoms with Gasteiger partial charge < -0.3 is 15.7 Å². The molecule has 1 fully saturated rings. The van der Waals surface area contributed by atoms with Gasteiger partial charge in [0, 0.05) is 27.6 Å². The highest BCUT2D eigenvalue weighted by molar-refractivity contribution is 6.32. The minimum Gasteiger partial charge on any atom is -0.478 e. The molecule has 0 amide bonds. The Bertz CT molecular complexity index is 966. The van der Waals surface area contributed by atoms with Crippen molar-refractivity contribution in [3.8, 4) is 0 Å². The molecule has 1 aromatic carbocycles. The fourth-order valence-electron chi connectivity index (χ4n) is 2.47. The molecule has 3 aromatic rings. The number of nitrogens with one attached hydrogen (secondary N) is 3. The Morgan fingerprint density at radius 1 is 1.27 bits per heavy atom. The normalized spacial score (nSPS) is 13.4. The lowest BCUT2D eigenvalue weighted by atomic mass is 10.2. The molecule has 0 spiro atoms. The summed E-state index contributed by atoms with van der Waals surface area (Å²) in [6.07, 6.45) is 3.86. The lowest BCUT2D eigenvalue weighted by Crippen LogP contribution is -2.02. The molecule has 0 radical (unpaired) electrons. The number of anilines is 4. The van der Waals surface area contributed by atoms with Crippen LogP contribution in [0, 0.1) is 0 Å². The highest BCUT2D eigenvalue weighted by Gasteiger charge is 2.25. The summed E-state index contributed by atoms with van der Waals surface area (Å²) in [5.41, 5.74) is 1.98. The van der Waals surface area contributed by atoms with Gasteiger partial charge in [0.05, 0.1) is 11.8 Å². The van der Waals surface area contributed by atoms with Crippen molar-refractivity contribution in [2.24, 2.45) is 0 Å². The van der Waals surface area contributed by atoms with Crippen molar-refractivity contribution in [3.05, 3.63) is 52.8 Å². The third kappa shape index (κ3) is 3.60. The second-order valence-corrected chi connectivity index (χ2v) is 6.41. The maximum atomic E-state index is 10.9. The van der Waals surface area contributed by atoms with Crippen LogP contribution in [0.15, 0.2) is 36.5 Å². The Morgan fingerprint density at radius 2 is 2.04 bits per heavy atom. The Hall–Kier alpha value is -3.13.